The second-order valence-electron chi connectivity index (χ2n) is 7.54. The largest absolute Gasteiger partial charge is 0.494 e. The third-order valence-electron chi connectivity index (χ3n) is 4.81. The first-order valence-corrected chi connectivity index (χ1v) is 12.3. The summed E-state index contributed by atoms with van der Waals surface area (Å²) in [5, 5.41) is 12.5. The molecule has 2 aromatic heterocycles. The van der Waals surface area contributed by atoms with Crippen LogP contribution in [-0.4, -0.2) is 35.0 Å². The lowest BCUT2D eigenvalue weighted by molar-refractivity contribution is 0.309. The van der Waals surface area contributed by atoms with Gasteiger partial charge in [-0.2, -0.15) is 5.10 Å². The Bertz CT molecular complexity index is 1320. The summed E-state index contributed by atoms with van der Waals surface area (Å²) in [6.07, 6.45) is 3.78. The molecule has 9 nitrogen and oxygen atoms in total. The van der Waals surface area contributed by atoms with Crippen LogP contribution in [0.5, 0.6) is 17.4 Å². The smallest absolute Gasteiger partial charge is 0.261 e. The molecule has 0 aliphatic heterocycles. The van der Waals surface area contributed by atoms with Gasteiger partial charge in [0.05, 0.1) is 17.2 Å². The second-order valence-corrected chi connectivity index (χ2v) is 9.22. The molecular weight excluding hydrogens is 454 g/mol. The zero-order chi connectivity index (χ0) is 24.0. The minimum atomic E-state index is -3.73. The molecule has 0 saturated carbocycles. The molecule has 0 spiro atoms. The number of nitrogens with zero attached hydrogens (tertiary/aromatic N) is 4. The van der Waals surface area contributed by atoms with E-state index in [2.05, 4.69) is 26.9 Å². The predicted molar refractivity (Wildman–Crippen MR) is 128 cm³/mol. The monoisotopic (exact) mass is 479 g/mol. The zero-order valence-electron chi connectivity index (χ0n) is 18.9. The van der Waals surface area contributed by atoms with Crippen molar-refractivity contribution in [2.75, 3.05) is 11.3 Å². The van der Waals surface area contributed by atoms with E-state index in [1.807, 2.05) is 13.0 Å². The summed E-state index contributed by atoms with van der Waals surface area (Å²) in [4.78, 5) is 0.151. The maximum Gasteiger partial charge on any atom is 0.261 e. The molecule has 0 fully saturated rings. The molecule has 10 heteroatoms. The average Bonchev–Trinajstić information content (AvgIpc) is 3.27. The highest BCUT2D eigenvalue weighted by atomic mass is 32.2. The van der Waals surface area contributed by atoms with Gasteiger partial charge in [0.1, 0.15) is 11.5 Å². The van der Waals surface area contributed by atoms with Crippen LogP contribution in [0.4, 0.5) is 5.69 Å². The van der Waals surface area contributed by atoms with Crippen molar-refractivity contribution in [3.8, 4) is 23.2 Å². The number of anilines is 1. The maximum absolute atomic E-state index is 12.7. The number of hydrogen-bond acceptors (Lipinski definition) is 7. The van der Waals surface area contributed by atoms with Gasteiger partial charge in [-0.05, 0) is 74.0 Å². The fourth-order valence-electron chi connectivity index (χ4n) is 3.01. The number of aromatic nitrogens is 4. The van der Waals surface area contributed by atoms with Gasteiger partial charge in [0, 0.05) is 18.0 Å². The Morgan fingerprint density at radius 2 is 1.65 bits per heavy atom. The fraction of sp³-hybridized carbons (Fsp3) is 0.208. The van der Waals surface area contributed by atoms with Crippen molar-refractivity contribution in [3.05, 3.63) is 78.6 Å². The molecule has 176 valence electrons. The van der Waals surface area contributed by atoms with Crippen LogP contribution >= 0.6 is 0 Å². The summed E-state index contributed by atoms with van der Waals surface area (Å²) in [6, 6.07) is 18.2. The van der Waals surface area contributed by atoms with Gasteiger partial charge in [-0.3, -0.25) is 4.72 Å². The van der Waals surface area contributed by atoms with Crippen molar-refractivity contribution in [1.82, 2.24) is 20.0 Å². The van der Waals surface area contributed by atoms with Crippen LogP contribution < -0.4 is 14.2 Å². The van der Waals surface area contributed by atoms with Crippen LogP contribution in [0.15, 0.2) is 77.8 Å². The highest BCUT2D eigenvalue weighted by molar-refractivity contribution is 7.92. The molecule has 1 N–H and O–H groups in total. The van der Waals surface area contributed by atoms with E-state index < -0.39 is 10.0 Å². The van der Waals surface area contributed by atoms with Crippen molar-refractivity contribution < 1.29 is 17.9 Å². The minimum Gasteiger partial charge on any atom is -0.494 e. The topological polar surface area (TPSA) is 108 Å². The average molecular weight is 480 g/mol. The van der Waals surface area contributed by atoms with E-state index in [9.17, 15) is 8.42 Å². The predicted octanol–water partition coefficient (Wildman–Crippen LogP) is 4.74. The lowest BCUT2D eigenvalue weighted by Crippen LogP contribution is -2.12. The van der Waals surface area contributed by atoms with Crippen molar-refractivity contribution in [1.29, 1.82) is 0 Å². The van der Waals surface area contributed by atoms with E-state index in [1.54, 1.807) is 59.4 Å². The van der Waals surface area contributed by atoms with Gasteiger partial charge in [0.15, 0.2) is 5.82 Å². The maximum atomic E-state index is 12.7. The summed E-state index contributed by atoms with van der Waals surface area (Å²) in [5.41, 5.74) is 1.29. The Labute approximate surface area is 198 Å². The molecular formula is C24H25N5O4S. The highest BCUT2D eigenvalue weighted by Crippen LogP contribution is 2.24. The molecule has 2 aromatic carbocycles. The van der Waals surface area contributed by atoms with Crippen LogP contribution in [-0.2, 0) is 10.0 Å². The van der Waals surface area contributed by atoms with Crippen LogP contribution in [0.2, 0.25) is 0 Å². The first kappa shape index (κ1) is 23.2. The first-order chi connectivity index (χ1) is 16.4. The van der Waals surface area contributed by atoms with Gasteiger partial charge in [-0.15, -0.1) is 10.2 Å². The van der Waals surface area contributed by atoms with E-state index >= 15 is 0 Å². The molecule has 0 aliphatic carbocycles. The lowest BCUT2D eigenvalue weighted by Gasteiger charge is -2.10. The van der Waals surface area contributed by atoms with Crippen LogP contribution in [0.25, 0.3) is 5.82 Å². The van der Waals surface area contributed by atoms with E-state index in [0.717, 1.165) is 18.5 Å². The Morgan fingerprint density at radius 1 is 0.912 bits per heavy atom. The van der Waals surface area contributed by atoms with Gasteiger partial charge in [-0.1, -0.05) is 13.3 Å². The number of benzene rings is 2. The Balaban J connectivity index is 1.36. The molecule has 0 saturated heterocycles. The minimum absolute atomic E-state index is 0.151. The van der Waals surface area contributed by atoms with Crippen molar-refractivity contribution in [3.63, 3.8) is 0 Å². The molecule has 0 unspecified atom stereocenters. The van der Waals surface area contributed by atoms with E-state index in [1.165, 1.54) is 12.1 Å². The zero-order valence-corrected chi connectivity index (χ0v) is 19.7. The molecule has 34 heavy (non-hydrogen) atoms. The van der Waals surface area contributed by atoms with Gasteiger partial charge in [0.25, 0.3) is 10.0 Å². The van der Waals surface area contributed by atoms with Crippen molar-refractivity contribution >= 4 is 15.7 Å². The van der Waals surface area contributed by atoms with Crippen molar-refractivity contribution in [2.45, 2.75) is 31.6 Å². The van der Waals surface area contributed by atoms with Gasteiger partial charge in [0.2, 0.25) is 5.88 Å². The van der Waals surface area contributed by atoms with Crippen LogP contribution in [0.1, 0.15) is 25.5 Å². The summed E-state index contributed by atoms with van der Waals surface area (Å²) in [5.74, 6) is 2.02. The molecule has 0 atom stereocenters. The van der Waals surface area contributed by atoms with Crippen LogP contribution in [0, 0.1) is 6.92 Å². The molecule has 4 rings (SSSR count). The molecule has 0 bridgehead atoms. The van der Waals surface area contributed by atoms with E-state index in [4.69, 9.17) is 9.47 Å². The number of rotatable bonds is 10. The third-order valence-corrected chi connectivity index (χ3v) is 6.21. The van der Waals surface area contributed by atoms with Crippen LogP contribution in [0.3, 0.4) is 0 Å². The SMILES string of the molecule is CCCCOc1ccc(S(=O)(=O)Nc2ccc(Oc3ccc(-n4ccc(C)n4)nn3)cc2)cc1. The Kier molecular flexibility index (Phi) is 7.07. The summed E-state index contributed by atoms with van der Waals surface area (Å²) in [6.45, 7) is 4.58. The molecule has 0 amide bonds. The molecule has 2 heterocycles. The Hall–Kier alpha value is -3.92. The van der Waals surface area contributed by atoms with Gasteiger partial charge < -0.3 is 9.47 Å². The number of unbranched alkanes of at least 4 members (excludes halogenated alkanes) is 1. The molecule has 0 radical (unpaired) electrons. The molecule has 0 aliphatic rings. The fourth-order valence-corrected chi connectivity index (χ4v) is 4.07. The summed E-state index contributed by atoms with van der Waals surface area (Å²) >= 11 is 0. The number of aryl methyl sites for hydroxylation is 1. The molecule has 4 aromatic rings. The first-order valence-electron chi connectivity index (χ1n) is 10.8. The summed E-state index contributed by atoms with van der Waals surface area (Å²) < 4.78 is 40.9. The number of sulfonamides is 1. The number of nitrogens with one attached hydrogen (secondary N) is 1. The van der Waals surface area contributed by atoms with Gasteiger partial charge >= 0.3 is 0 Å². The Morgan fingerprint density at radius 3 is 2.26 bits per heavy atom. The van der Waals surface area contributed by atoms with E-state index in [0.29, 0.717) is 35.5 Å². The third kappa shape index (κ3) is 5.90. The normalized spacial score (nSPS) is 11.2. The standard InChI is InChI=1S/C24H25N5O4S/c1-3-4-17-32-20-9-11-22(12-10-20)34(30,31)28-19-5-7-21(8-6-19)33-24-14-13-23(25-26-24)29-16-15-18(2)27-29/h5-16,28H,3-4,17H2,1-2H3. The summed E-state index contributed by atoms with van der Waals surface area (Å²) in [7, 11) is -3.73. The lowest BCUT2D eigenvalue weighted by atomic mass is 10.3. The second kappa shape index (κ2) is 10.3. The number of hydrogen-bond donors (Lipinski definition) is 1. The van der Waals surface area contributed by atoms with Crippen molar-refractivity contribution in [2.24, 2.45) is 0 Å². The quantitative estimate of drug-likeness (QED) is 0.327. The van der Waals surface area contributed by atoms with E-state index in [-0.39, 0.29) is 4.90 Å². The van der Waals surface area contributed by atoms with Gasteiger partial charge in [-0.25, -0.2) is 13.1 Å². The number of ether oxygens (including phenoxy) is 2. The highest BCUT2D eigenvalue weighted by Gasteiger charge is 2.14.